The monoisotopic (exact) mass is 1080 g/mol. The molecule has 1 saturated heterocycles. The lowest BCUT2D eigenvalue weighted by Crippen LogP contribution is -2.62. The number of hydrogen-bond acceptors (Lipinski definition) is 12. The molecule has 0 bridgehead atoms. The topological polar surface area (TPSA) is 168 Å². The van der Waals surface area contributed by atoms with E-state index in [1.807, 2.05) is 0 Å². The van der Waals surface area contributed by atoms with E-state index in [1.54, 1.807) is 74.6 Å². The Morgan fingerprint density at radius 3 is 1.42 bits per heavy atom. The average Bonchev–Trinajstić information content (AvgIpc) is 3.41. The molecule has 0 aliphatic carbocycles. The van der Waals surface area contributed by atoms with Crippen molar-refractivity contribution in [2.24, 2.45) is 5.92 Å². The van der Waals surface area contributed by atoms with Crippen LogP contribution >= 0.6 is 7.82 Å². The molecule has 1 fully saturated rings. The van der Waals surface area contributed by atoms with Gasteiger partial charge >= 0.3 is 19.8 Å². The molecule has 13 nitrogen and oxygen atoms in total. The third-order valence-corrected chi connectivity index (χ3v) is 16.1. The SMILES string of the molecule is CCCCCCCCCCCCC(CCCCCCCCCCCC)C(=O)O[C@H]1[C@H](OP(=O)(Oc2ccccc2)Oc2ccccc2)[C@@H](COC(=O)[C@H](C)NC)OC[C@@H]1NC(=O)C[C@H](O)CCCCCCCCCCC. The summed E-state index contributed by atoms with van der Waals surface area (Å²) < 4.78 is 52.8. The van der Waals surface area contributed by atoms with Crippen molar-refractivity contribution in [3.63, 3.8) is 0 Å². The summed E-state index contributed by atoms with van der Waals surface area (Å²) in [7, 11) is -3.07. The first-order valence-electron chi connectivity index (χ1n) is 30.4. The first-order valence-corrected chi connectivity index (χ1v) is 31.9. The Labute approximate surface area is 460 Å². The Bertz CT molecular complexity index is 1740. The Morgan fingerprint density at radius 1 is 0.592 bits per heavy atom. The molecule has 0 saturated carbocycles. The standard InChI is InChI=1S/C62H105N2O11P/c1-6-9-12-15-18-21-24-26-29-34-41-52(42-35-30-27-25-22-19-16-13-10-7-2)62(68)72-59-56(64-58(66)48-53(65)43-36-31-28-23-20-17-14-11-8-3)49-70-57(50-71-61(67)51(4)63-5)60(59)75-76(69,73-54-44-37-32-38-45-54)74-55-46-39-33-40-47-55/h32-33,37-40,44-47,51-53,56-57,59-60,63,65H,6-31,34-36,41-43,48-50H2,1-5H3,(H,64,66)/t51-,53+,56-,57+,59+,60+/m0/s1. The van der Waals surface area contributed by atoms with Crippen molar-refractivity contribution in [1.82, 2.24) is 10.6 Å². The zero-order valence-electron chi connectivity index (χ0n) is 48.0. The molecule has 0 unspecified atom stereocenters. The summed E-state index contributed by atoms with van der Waals surface area (Å²) in [5.41, 5.74) is 0. The fourth-order valence-electron chi connectivity index (χ4n) is 9.88. The van der Waals surface area contributed by atoms with Crippen molar-refractivity contribution in [3.05, 3.63) is 60.7 Å². The molecule has 3 rings (SSSR count). The van der Waals surface area contributed by atoms with Crippen LogP contribution in [0.25, 0.3) is 0 Å². The molecule has 14 heteroatoms. The molecule has 2 aromatic rings. The maximum absolute atomic E-state index is 15.3. The van der Waals surface area contributed by atoms with Gasteiger partial charge in [-0.05, 0) is 57.5 Å². The van der Waals surface area contributed by atoms with Crippen LogP contribution in [0.5, 0.6) is 11.5 Å². The second kappa shape index (κ2) is 42.5. The Hall–Kier alpha value is -3.48. The minimum Gasteiger partial charge on any atom is -0.462 e. The van der Waals surface area contributed by atoms with Crippen LogP contribution in [-0.2, 0) is 37.7 Å². The Morgan fingerprint density at radius 2 is 1.00 bits per heavy atom. The van der Waals surface area contributed by atoms with E-state index >= 15 is 4.57 Å². The van der Waals surface area contributed by atoms with Crippen LogP contribution in [0.1, 0.15) is 240 Å². The minimum atomic E-state index is -4.71. The zero-order chi connectivity index (χ0) is 54.9. The number of phosphoric acid groups is 1. The Balaban J connectivity index is 1.94. The van der Waals surface area contributed by atoms with E-state index in [0.717, 1.165) is 57.8 Å². The maximum Gasteiger partial charge on any atom is 0.588 e. The number of rotatable bonds is 47. The van der Waals surface area contributed by atoms with Crippen molar-refractivity contribution in [2.45, 2.75) is 276 Å². The van der Waals surface area contributed by atoms with Crippen LogP contribution in [0.2, 0.25) is 0 Å². The largest absolute Gasteiger partial charge is 0.588 e. The van der Waals surface area contributed by atoms with E-state index in [9.17, 15) is 19.5 Å². The fraction of sp³-hybridized carbons (Fsp3) is 0.758. The van der Waals surface area contributed by atoms with Gasteiger partial charge in [0.15, 0.2) is 6.10 Å². The van der Waals surface area contributed by atoms with Gasteiger partial charge in [-0.1, -0.05) is 243 Å². The lowest BCUT2D eigenvalue weighted by Gasteiger charge is -2.42. The molecular weight excluding hydrogens is 980 g/mol. The van der Waals surface area contributed by atoms with Crippen molar-refractivity contribution in [3.8, 4) is 11.5 Å². The number of amides is 1. The molecule has 2 aromatic carbocycles. The molecule has 0 aromatic heterocycles. The van der Waals surface area contributed by atoms with Crippen molar-refractivity contribution in [1.29, 1.82) is 0 Å². The predicted molar refractivity (Wildman–Crippen MR) is 307 cm³/mol. The number of benzene rings is 2. The summed E-state index contributed by atoms with van der Waals surface area (Å²) >= 11 is 0. The summed E-state index contributed by atoms with van der Waals surface area (Å²) in [5.74, 6) is -1.53. The number of para-hydroxylation sites is 2. The quantitative estimate of drug-likeness (QED) is 0.0326. The number of likely N-dealkylation sites (N-methyl/N-ethyl adjacent to an activating group) is 1. The van der Waals surface area contributed by atoms with Gasteiger partial charge in [-0.2, -0.15) is 0 Å². The third kappa shape index (κ3) is 30.0. The normalized spacial score (nSPS) is 17.5. The van der Waals surface area contributed by atoms with Gasteiger partial charge in [-0.3, -0.25) is 18.9 Å². The predicted octanol–water partition coefficient (Wildman–Crippen LogP) is 15.5. The molecule has 1 heterocycles. The molecule has 76 heavy (non-hydrogen) atoms. The molecule has 0 radical (unpaired) electrons. The van der Waals surface area contributed by atoms with Crippen molar-refractivity contribution >= 4 is 25.7 Å². The van der Waals surface area contributed by atoms with E-state index < -0.39 is 68.1 Å². The number of ether oxygens (including phenoxy) is 3. The summed E-state index contributed by atoms with van der Waals surface area (Å²) in [5, 5.41) is 17.0. The third-order valence-electron chi connectivity index (χ3n) is 14.7. The van der Waals surface area contributed by atoms with E-state index in [0.29, 0.717) is 19.3 Å². The van der Waals surface area contributed by atoms with Gasteiger partial charge in [0, 0.05) is 0 Å². The smallest absolute Gasteiger partial charge is 0.462 e. The second-order valence-corrected chi connectivity index (χ2v) is 23.0. The van der Waals surface area contributed by atoms with Gasteiger partial charge < -0.3 is 39.0 Å². The van der Waals surface area contributed by atoms with Gasteiger partial charge in [-0.25, -0.2) is 4.57 Å². The number of nitrogens with one attached hydrogen (secondary N) is 2. The van der Waals surface area contributed by atoms with Crippen molar-refractivity contribution in [2.75, 3.05) is 20.3 Å². The van der Waals surface area contributed by atoms with Gasteiger partial charge in [0.25, 0.3) is 0 Å². The maximum atomic E-state index is 15.3. The van der Waals surface area contributed by atoms with E-state index in [1.165, 1.54) is 128 Å². The summed E-state index contributed by atoms with van der Waals surface area (Å²) in [4.78, 5) is 42.1. The van der Waals surface area contributed by atoms with E-state index in [2.05, 4.69) is 31.4 Å². The number of hydrogen-bond donors (Lipinski definition) is 3. The second-order valence-electron chi connectivity index (χ2n) is 21.5. The van der Waals surface area contributed by atoms with Gasteiger partial charge in [0.1, 0.15) is 36.4 Å². The average molecular weight is 1090 g/mol. The summed E-state index contributed by atoms with van der Waals surface area (Å²) in [6.45, 7) is 7.84. The number of carbonyl (C=O) groups excluding carboxylic acids is 3. The minimum absolute atomic E-state index is 0.160. The van der Waals surface area contributed by atoms with Crippen LogP contribution in [0.3, 0.4) is 0 Å². The molecule has 1 amide bonds. The lowest BCUT2D eigenvalue weighted by atomic mass is 9.93. The summed E-state index contributed by atoms with van der Waals surface area (Å²) in [6, 6.07) is 15.3. The highest BCUT2D eigenvalue weighted by molar-refractivity contribution is 7.49. The van der Waals surface area contributed by atoms with Gasteiger partial charge in [-0.15, -0.1) is 0 Å². The van der Waals surface area contributed by atoms with Gasteiger partial charge in [0.2, 0.25) is 5.91 Å². The van der Waals surface area contributed by atoms with Crippen molar-refractivity contribution < 1.29 is 51.8 Å². The number of phosphoric ester groups is 1. The van der Waals surface area contributed by atoms with E-state index in [-0.39, 0.29) is 31.1 Å². The lowest BCUT2D eigenvalue weighted by molar-refractivity contribution is -0.195. The van der Waals surface area contributed by atoms with Crippen LogP contribution in [0.15, 0.2) is 60.7 Å². The zero-order valence-corrected chi connectivity index (χ0v) is 48.9. The highest BCUT2D eigenvalue weighted by atomic mass is 31.2. The number of esters is 2. The van der Waals surface area contributed by atoms with Crippen LogP contribution < -0.4 is 19.7 Å². The molecule has 0 spiro atoms. The number of aliphatic hydroxyl groups is 1. The fourth-order valence-corrected chi connectivity index (χ4v) is 11.3. The number of aliphatic hydroxyl groups excluding tert-OH is 1. The Kier molecular flexibility index (Phi) is 37.3. The van der Waals surface area contributed by atoms with Gasteiger partial charge in [0.05, 0.1) is 31.1 Å². The van der Waals surface area contributed by atoms with Crippen LogP contribution in [-0.4, -0.2) is 79.7 Å². The molecular formula is C62H105N2O11P. The molecule has 1 aliphatic rings. The molecule has 3 N–H and O–H groups in total. The first-order chi connectivity index (χ1) is 37.0. The molecule has 6 atom stereocenters. The molecule has 434 valence electrons. The number of carbonyl (C=O) groups is 3. The highest BCUT2D eigenvalue weighted by Gasteiger charge is 2.51. The van der Waals surface area contributed by atoms with Crippen LogP contribution in [0.4, 0.5) is 0 Å². The highest BCUT2D eigenvalue weighted by Crippen LogP contribution is 2.52. The summed E-state index contributed by atoms with van der Waals surface area (Å²) in [6.07, 6.45) is 30.6. The first kappa shape index (κ1) is 66.8. The molecule has 1 aliphatic heterocycles. The number of unbranched alkanes of at least 4 members (excludes halogenated alkanes) is 26. The van der Waals surface area contributed by atoms with Crippen LogP contribution in [0, 0.1) is 5.92 Å². The van der Waals surface area contributed by atoms with E-state index in [4.69, 9.17) is 27.8 Å².